The number of nitrogens with one attached hydrogen (secondary N) is 2. The van der Waals surface area contributed by atoms with E-state index in [0.29, 0.717) is 6.54 Å². The van der Waals surface area contributed by atoms with Gasteiger partial charge < -0.3 is 14.8 Å². The van der Waals surface area contributed by atoms with Crippen LogP contribution >= 0.6 is 0 Å². The third-order valence-corrected chi connectivity index (χ3v) is 3.91. The average Bonchev–Trinajstić information content (AvgIpc) is 3.04. The van der Waals surface area contributed by atoms with Crippen molar-refractivity contribution in [3.05, 3.63) is 23.8 Å². The van der Waals surface area contributed by atoms with Crippen LogP contribution in [0.3, 0.4) is 0 Å². The summed E-state index contributed by atoms with van der Waals surface area (Å²) in [6.07, 6.45) is 0.783. The molecule has 2 fully saturated rings. The summed E-state index contributed by atoms with van der Waals surface area (Å²) in [7, 11) is 0. The molecule has 2 N–H and O–H groups in total. The molecule has 2 saturated heterocycles. The maximum absolute atomic E-state index is 11.8. The molecule has 4 rings (SSSR count). The van der Waals surface area contributed by atoms with Crippen LogP contribution in [0.15, 0.2) is 18.2 Å². The van der Waals surface area contributed by atoms with Gasteiger partial charge in [-0.05, 0) is 24.1 Å². The van der Waals surface area contributed by atoms with E-state index < -0.39 is 0 Å². The Morgan fingerprint density at radius 3 is 3.05 bits per heavy atom. The summed E-state index contributed by atoms with van der Waals surface area (Å²) in [5.74, 6) is 1.69. The number of carbonyl (C=O) groups is 1. The molecule has 100 valence electrons. The minimum Gasteiger partial charge on any atom is -0.454 e. The molecule has 0 aromatic heterocycles. The first-order valence-corrected chi connectivity index (χ1v) is 6.51. The van der Waals surface area contributed by atoms with Gasteiger partial charge in [0.25, 0.3) is 0 Å². The number of hydrazine groups is 1. The number of nitrogens with zero attached hydrogens (tertiary/aromatic N) is 1. The summed E-state index contributed by atoms with van der Waals surface area (Å²) in [5.41, 5.74) is 4.54. The predicted octanol–water partition coefficient (Wildman–Crippen LogP) is 0.165. The average molecular weight is 261 g/mol. The number of fused-ring (bicyclic) bond motifs is 2. The molecule has 0 radical (unpaired) electrons. The van der Waals surface area contributed by atoms with E-state index in [-0.39, 0.29) is 24.8 Å². The van der Waals surface area contributed by atoms with Crippen molar-refractivity contribution in [1.82, 2.24) is 15.8 Å². The number of hydrogen-bond donors (Lipinski definition) is 2. The minimum absolute atomic E-state index is 0.0656. The van der Waals surface area contributed by atoms with Gasteiger partial charge in [-0.3, -0.25) is 4.79 Å². The van der Waals surface area contributed by atoms with E-state index in [9.17, 15) is 4.79 Å². The third-order valence-electron chi connectivity index (χ3n) is 3.91. The number of benzene rings is 1. The highest BCUT2D eigenvalue weighted by Gasteiger charge is 2.39. The first-order valence-electron chi connectivity index (χ1n) is 6.51. The normalized spacial score (nSPS) is 29.2. The Bertz CT molecular complexity index is 534. The van der Waals surface area contributed by atoms with Gasteiger partial charge in [0.15, 0.2) is 11.5 Å². The fourth-order valence-electron chi connectivity index (χ4n) is 2.92. The van der Waals surface area contributed by atoms with Crippen molar-refractivity contribution < 1.29 is 14.3 Å². The van der Waals surface area contributed by atoms with Crippen LogP contribution in [0.25, 0.3) is 0 Å². The van der Waals surface area contributed by atoms with Crippen LogP contribution in [0.2, 0.25) is 0 Å². The van der Waals surface area contributed by atoms with E-state index in [1.54, 1.807) is 0 Å². The van der Waals surface area contributed by atoms with E-state index in [1.165, 1.54) is 0 Å². The monoisotopic (exact) mass is 261 g/mol. The van der Waals surface area contributed by atoms with Crippen molar-refractivity contribution in [2.45, 2.75) is 18.5 Å². The Labute approximate surface area is 110 Å². The van der Waals surface area contributed by atoms with Crippen LogP contribution in [0, 0.1) is 0 Å². The number of hydrogen-bond acceptors (Lipinski definition) is 5. The predicted molar refractivity (Wildman–Crippen MR) is 66.6 cm³/mol. The van der Waals surface area contributed by atoms with Gasteiger partial charge >= 0.3 is 0 Å². The summed E-state index contributed by atoms with van der Waals surface area (Å²) in [4.78, 5) is 11.8. The molecule has 0 spiro atoms. The van der Waals surface area contributed by atoms with E-state index in [2.05, 4.69) is 10.7 Å². The van der Waals surface area contributed by atoms with Crippen molar-refractivity contribution >= 4 is 5.91 Å². The molecule has 1 amide bonds. The van der Waals surface area contributed by atoms with Crippen molar-refractivity contribution in [3.63, 3.8) is 0 Å². The molecule has 6 heteroatoms. The number of carbonyl (C=O) groups excluding carboxylic acids is 1. The molecular weight excluding hydrogens is 246 g/mol. The second-order valence-electron chi connectivity index (χ2n) is 5.03. The van der Waals surface area contributed by atoms with Crippen LogP contribution in [0.1, 0.15) is 18.0 Å². The lowest BCUT2D eigenvalue weighted by molar-refractivity contribution is -0.128. The summed E-state index contributed by atoms with van der Waals surface area (Å²) in [6, 6.07) is 6.04. The number of ether oxygens (including phenoxy) is 2. The summed E-state index contributed by atoms with van der Waals surface area (Å²) < 4.78 is 10.7. The molecule has 3 aliphatic rings. The highest BCUT2D eigenvalue weighted by atomic mass is 16.7. The van der Waals surface area contributed by atoms with E-state index in [0.717, 1.165) is 30.0 Å². The highest BCUT2D eigenvalue weighted by Crippen LogP contribution is 2.37. The lowest BCUT2D eigenvalue weighted by Crippen LogP contribution is -2.54. The van der Waals surface area contributed by atoms with Crippen LogP contribution < -0.4 is 20.2 Å². The molecule has 19 heavy (non-hydrogen) atoms. The molecule has 0 saturated carbocycles. The van der Waals surface area contributed by atoms with Gasteiger partial charge in [0.05, 0.1) is 0 Å². The summed E-state index contributed by atoms with van der Waals surface area (Å²) in [6.45, 7) is 1.84. The molecule has 2 atom stereocenters. The van der Waals surface area contributed by atoms with Gasteiger partial charge in [0.1, 0.15) is 6.04 Å². The number of amides is 1. The standard InChI is InChI=1S/C13H15N3O3/c17-13-10-6-9(15-16(10)4-3-14-13)8-1-2-11-12(5-8)19-7-18-11/h1-2,5,9-10,15H,3-4,6-7H2,(H,14,17). The van der Waals surface area contributed by atoms with Gasteiger partial charge in [-0.1, -0.05) is 6.07 Å². The lowest BCUT2D eigenvalue weighted by Gasteiger charge is -2.28. The maximum Gasteiger partial charge on any atom is 0.238 e. The van der Waals surface area contributed by atoms with E-state index >= 15 is 0 Å². The molecule has 1 aromatic carbocycles. The SMILES string of the molecule is O=C1NCCN2NC(c3ccc4c(c3)OCO4)CC12. The topological polar surface area (TPSA) is 62.8 Å². The molecule has 1 aromatic rings. The molecule has 0 aliphatic carbocycles. The molecule has 3 aliphatic heterocycles. The lowest BCUT2D eigenvalue weighted by atomic mass is 10.0. The Hall–Kier alpha value is -1.79. The smallest absolute Gasteiger partial charge is 0.238 e. The molecule has 6 nitrogen and oxygen atoms in total. The van der Waals surface area contributed by atoms with E-state index in [4.69, 9.17) is 9.47 Å². The van der Waals surface area contributed by atoms with Gasteiger partial charge in [0, 0.05) is 19.1 Å². The van der Waals surface area contributed by atoms with Crippen molar-refractivity contribution in [2.24, 2.45) is 0 Å². The second-order valence-corrected chi connectivity index (χ2v) is 5.03. The molecule has 0 bridgehead atoms. The van der Waals surface area contributed by atoms with Gasteiger partial charge in [-0.2, -0.15) is 0 Å². The third kappa shape index (κ3) is 1.75. The first kappa shape index (κ1) is 11.1. The Balaban J connectivity index is 1.59. The van der Waals surface area contributed by atoms with Gasteiger partial charge in [-0.25, -0.2) is 10.4 Å². The second kappa shape index (κ2) is 4.11. The summed E-state index contributed by atoms with van der Waals surface area (Å²) in [5, 5.41) is 4.94. The zero-order valence-corrected chi connectivity index (χ0v) is 10.4. The zero-order valence-electron chi connectivity index (χ0n) is 10.4. The fourth-order valence-corrected chi connectivity index (χ4v) is 2.92. The number of rotatable bonds is 1. The molecule has 2 unspecified atom stereocenters. The largest absolute Gasteiger partial charge is 0.454 e. The van der Waals surface area contributed by atoms with Crippen LogP contribution in [0.5, 0.6) is 11.5 Å². The zero-order chi connectivity index (χ0) is 12.8. The van der Waals surface area contributed by atoms with Crippen molar-refractivity contribution in [3.8, 4) is 11.5 Å². The molecule has 3 heterocycles. The van der Waals surface area contributed by atoms with Crippen LogP contribution in [-0.4, -0.2) is 36.8 Å². The van der Waals surface area contributed by atoms with E-state index in [1.807, 2.05) is 23.2 Å². The highest BCUT2D eigenvalue weighted by molar-refractivity contribution is 5.82. The summed E-state index contributed by atoms with van der Waals surface area (Å²) >= 11 is 0. The van der Waals surface area contributed by atoms with Gasteiger partial charge in [-0.15, -0.1) is 0 Å². The maximum atomic E-state index is 11.8. The quantitative estimate of drug-likeness (QED) is 0.754. The van der Waals surface area contributed by atoms with Crippen LogP contribution in [0.4, 0.5) is 0 Å². The minimum atomic E-state index is -0.0656. The fraction of sp³-hybridized carbons (Fsp3) is 0.462. The van der Waals surface area contributed by atoms with Crippen molar-refractivity contribution in [2.75, 3.05) is 19.9 Å². The Morgan fingerprint density at radius 1 is 1.26 bits per heavy atom. The van der Waals surface area contributed by atoms with Gasteiger partial charge in [0.2, 0.25) is 12.7 Å². The first-order chi connectivity index (χ1) is 9.31. The van der Waals surface area contributed by atoms with Crippen LogP contribution in [-0.2, 0) is 4.79 Å². The molecular formula is C13H15N3O3. The van der Waals surface area contributed by atoms with Crippen molar-refractivity contribution in [1.29, 1.82) is 0 Å². The number of piperazine rings is 1. The Morgan fingerprint density at radius 2 is 2.16 bits per heavy atom. The Kier molecular flexibility index (Phi) is 2.39.